The summed E-state index contributed by atoms with van der Waals surface area (Å²) in [5.74, 6) is 1.96. The molecule has 4 aromatic rings. The molecular weight excluding hydrogens is 391 g/mol. The lowest BCUT2D eigenvalue weighted by atomic mass is 10.0. The van der Waals surface area contributed by atoms with E-state index in [9.17, 15) is 4.39 Å². The second kappa shape index (κ2) is 8.30. The summed E-state index contributed by atoms with van der Waals surface area (Å²) in [6.07, 6.45) is 7.04. The number of anilines is 1. The van der Waals surface area contributed by atoms with Crippen molar-refractivity contribution in [3.63, 3.8) is 0 Å². The fourth-order valence-electron chi connectivity index (χ4n) is 4.12. The van der Waals surface area contributed by atoms with Crippen LogP contribution < -0.4 is 9.64 Å². The molecule has 6 heteroatoms. The SMILES string of the molecule is COc1cc(-c2ccc(F)cc2)cc2c(N3CCCCC3)nc(-c3cccnc3)nc12. The molecule has 0 saturated carbocycles. The van der Waals surface area contributed by atoms with Crippen LogP contribution in [-0.2, 0) is 0 Å². The van der Waals surface area contributed by atoms with Crippen molar-refractivity contribution in [3.8, 4) is 28.3 Å². The second-order valence-electron chi connectivity index (χ2n) is 7.74. The molecular formula is C25H23FN4O. The van der Waals surface area contributed by atoms with Crippen LogP contribution >= 0.6 is 0 Å². The number of piperidine rings is 1. The molecule has 0 spiro atoms. The molecule has 0 aliphatic carbocycles. The van der Waals surface area contributed by atoms with Gasteiger partial charge in [0.15, 0.2) is 5.82 Å². The Kier molecular flexibility index (Phi) is 5.20. The summed E-state index contributed by atoms with van der Waals surface area (Å²) in [5.41, 5.74) is 3.50. The third-order valence-corrected chi connectivity index (χ3v) is 5.72. The maximum absolute atomic E-state index is 13.5. The number of halogens is 1. The second-order valence-corrected chi connectivity index (χ2v) is 7.74. The average molecular weight is 414 g/mol. The highest BCUT2D eigenvalue weighted by Gasteiger charge is 2.21. The minimum atomic E-state index is -0.255. The molecule has 0 radical (unpaired) electrons. The summed E-state index contributed by atoms with van der Waals surface area (Å²) in [5, 5.41) is 0.938. The topological polar surface area (TPSA) is 51.1 Å². The molecule has 0 bridgehead atoms. The van der Waals surface area contributed by atoms with Gasteiger partial charge in [0.2, 0.25) is 0 Å². The van der Waals surface area contributed by atoms with Gasteiger partial charge >= 0.3 is 0 Å². The van der Waals surface area contributed by atoms with Crippen LogP contribution in [0.15, 0.2) is 60.9 Å². The van der Waals surface area contributed by atoms with Gasteiger partial charge in [-0.15, -0.1) is 0 Å². The minimum absolute atomic E-state index is 0.255. The molecule has 1 aliphatic heterocycles. The number of hydrogen-bond acceptors (Lipinski definition) is 5. The Labute approximate surface area is 180 Å². The highest BCUT2D eigenvalue weighted by Crippen LogP contribution is 2.37. The van der Waals surface area contributed by atoms with Crippen molar-refractivity contribution in [2.45, 2.75) is 19.3 Å². The zero-order valence-electron chi connectivity index (χ0n) is 17.4. The molecule has 1 fully saturated rings. The van der Waals surface area contributed by atoms with Crippen molar-refractivity contribution < 1.29 is 9.13 Å². The van der Waals surface area contributed by atoms with Crippen LogP contribution in [0, 0.1) is 5.82 Å². The number of fused-ring (bicyclic) bond motifs is 1. The van der Waals surface area contributed by atoms with Crippen molar-refractivity contribution in [1.29, 1.82) is 0 Å². The zero-order valence-corrected chi connectivity index (χ0v) is 17.4. The van der Waals surface area contributed by atoms with Crippen molar-refractivity contribution in [2.75, 3.05) is 25.1 Å². The fourth-order valence-corrected chi connectivity index (χ4v) is 4.12. The summed E-state index contributed by atoms with van der Waals surface area (Å²) >= 11 is 0. The van der Waals surface area contributed by atoms with Gasteiger partial charge in [-0.2, -0.15) is 0 Å². The highest BCUT2D eigenvalue weighted by atomic mass is 19.1. The molecule has 2 aromatic carbocycles. The molecule has 1 saturated heterocycles. The monoisotopic (exact) mass is 414 g/mol. The Bertz CT molecular complexity index is 1210. The van der Waals surface area contributed by atoms with Crippen LogP contribution in [0.2, 0.25) is 0 Å². The van der Waals surface area contributed by atoms with E-state index in [2.05, 4.69) is 16.0 Å². The van der Waals surface area contributed by atoms with E-state index in [1.807, 2.05) is 18.2 Å². The summed E-state index contributed by atoms with van der Waals surface area (Å²) < 4.78 is 19.2. The summed E-state index contributed by atoms with van der Waals surface area (Å²) in [4.78, 5) is 16.4. The molecule has 0 amide bonds. The largest absolute Gasteiger partial charge is 0.494 e. The molecule has 5 rings (SSSR count). The normalized spacial score (nSPS) is 14.1. The van der Waals surface area contributed by atoms with Gasteiger partial charge in [-0.25, -0.2) is 14.4 Å². The summed E-state index contributed by atoms with van der Waals surface area (Å²) in [6, 6.07) is 14.4. The Morgan fingerprint density at radius 1 is 0.903 bits per heavy atom. The van der Waals surface area contributed by atoms with E-state index in [0.717, 1.165) is 59.3 Å². The van der Waals surface area contributed by atoms with Crippen LogP contribution in [0.5, 0.6) is 5.75 Å². The maximum atomic E-state index is 13.5. The molecule has 2 aromatic heterocycles. The Balaban J connectivity index is 1.75. The quantitative estimate of drug-likeness (QED) is 0.442. The van der Waals surface area contributed by atoms with Gasteiger partial charge in [-0.3, -0.25) is 4.98 Å². The third-order valence-electron chi connectivity index (χ3n) is 5.72. The molecule has 0 atom stereocenters. The maximum Gasteiger partial charge on any atom is 0.163 e. The summed E-state index contributed by atoms with van der Waals surface area (Å²) in [7, 11) is 1.65. The number of nitrogens with zero attached hydrogens (tertiary/aromatic N) is 4. The highest BCUT2D eigenvalue weighted by molar-refractivity contribution is 5.98. The van der Waals surface area contributed by atoms with Crippen LogP contribution in [0.25, 0.3) is 33.4 Å². The average Bonchev–Trinajstić information content (AvgIpc) is 2.84. The van der Waals surface area contributed by atoms with Crippen molar-refractivity contribution in [3.05, 3.63) is 66.7 Å². The molecule has 5 nitrogen and oxygen atoms in total. The molecule has 0 unspecified atom stereocenters. The first-order valence-electron chi connectivity index (χ1n) is 10.5. The first-order valence-corrected chi connectivity index (χ1v) is 10.5. The lowest BCUT2D eigenvalue weighted by Crippen LogP contribution is -2.30. The van der Waals surface area contributed by atoms with Crippen LogP contribution in [0.3, 0.4) is 0 Å². The zero-order chi connectivity index (χ0) is 21.2. The van der Waals surface area contributed by atoms with E-state index >= 15 is 0 Å². The van der Waals surface area contributed by atoms with E-state index in [1.54, 1.807) is 31.6 Å². The molecule has 156 valence electrons. The Morgan fingerprint density at radius 3 is 2.42 bits per heavy atom. The van der Waals surface area contributed by atoms with Gasteiger partial charge in [-0.05, 0) is 66.8 Å². The van der Waals surface area contributed by atoms with Gasteiger partial charge in [0.05, 0.1) is 7.11 Å². The van der Waals surface area contributed by atoms with Crippen molar-refractivity contribution in [2.24, 2.45) is 0 Å². The Morgan fingerprint density at radius 2 is 1.71 bits per heavy atom. The van der Waals surface area contributed by atoms with Crippen molar-refractivity contribution in [1.82, 2.24) is 15.0 Å². The lowest BCUT2D eigenvalue weighted by Gasteiger charge is -2.29. The lowest BCUT2D eigenvalue weighted by molar-refractivity contribution is 0.419. The van der Waals surface area contributed by atoms with Gasteiger partial charge in [0, 0.05) is 36.4 Å². The van der Waals surface area contributed by atoms with Crippen LogP contribution in [0.4, 0.5) is 10.2 Å². The van der Waals surface area contributed by atoms with Gasteiger partial charge in [0.1, 0.15) is 22.9 Å². The first-order chi connectivity index (χ1) is 15.2. The fraction of sp³-hybridized carbons (Fsp3) is 0.240. The molecule has 0 N–H and O–H groups in total. The molecule has 31 heavy (non-hydrogen) atoms. The van der Waals surface area contributed by atoms with E-state index in [4.69, 9.17) is 14.7 Å². The number of ether oxygens (including phenoxy) is 1. The molecule has 3 heterocycles. The van der Waals surface area contributed by atoms with Gasteiger partial charge in [0.25, 0.3) is 0 Å². The number of rotatable bonds is 4. The van der Waals surface area contributed by atoms with Gasteiger partial charge in [-0.1, -0.05) is 12.1 Å². The number of pyridine rings is 1. The summed E-state index contributed by atoms with van der Waals surface area (Å²) in [6.45, 7) is 1.92. The van der Waals surface area contributed by atoms with Crippen molar-refractivity contribution >= 4 is 16.7 Å². The number of methoxy groups -OCH3 is 1. The van der Waals surface area contributed by atoms with Crippen LogP contribution in [-0.4, -0.2) is 35.2 Å². The van der Waals surface area contributed by atoms with E-state index in [1.165, 1.54) is 18.6 Å². The van der Waals surface area contributed by atoms with E-state index in [0.29, 0.717) is 11.6 Å². The van der Waals surface area contributed by atoms with E-state index in [-0.39, 0.29) is 5.82 Å². The standard InChI is InChI=1S/C25H23FN4O/c1-31-22-15-19(17-7-9-20(26)10-8-17)14-21-23(22)28-24(18-6-5-11-27-16-18)29-25(21)30-12-3-2-4-13-30/h5-11,14-16H,2-4,12-13H2,1H3. The minimum Gasteiger partial charge on any atom is -0.494 e. The number of hydrogen-bond donors (Lipinski definition) is 0. The van der Waals surface area contributed by atoms with Gasteiger partial charge < -0.3 is 9.64 Å². The smallest absolute Gasteiger partial charge is 0.163 e. The van der Waals surface area contributed by atoms with Crippen LogP contribution in [0.1, 0.15) is 19.3 Å². The Hall–Kier alpha value is -3.54. The number of benzene rings is 2. The third kappa shape index (κ3) is 3.81. The first kappa shape index (κ1) is 19.4. The number of aromatic nitrogens is 3. The van der Waals surface area contributed by atoms with E-state index < -0.39 is 0 Å². The predicted molar refractivity (Wildman–Crippen MR) is 121 cm³/mol. The molecule has 1 aliphatic rings. The predicted octanol–water partition coefficient (Wildman–Crippen LogP) is 5.50.